The molecule has 0 amide bonds. The van der Waals surface area contributed by atoms with E-state index in [0.29, 0.717) is 21.5 Å². The Morgan fingerprint density at radius 3 is 2.83 bits per heavy atom. The summed E-state index contributed by atoms with van der Waals surface area (Å²) in [6, 6.07) is 5.65. The fraction of sp³-hybridized carbons (Fsp3) is 0. The highest BCUT2D eigenvalue weighted by Gasteiger charge is 2.10. The SMILES string of the molecule is N=C(N)c1ccncc1Oc1cc(F)ccc1Br. The van der Waals surface area contributed by atoms with E-state index in [1.165, 1.54) is 30.6 Å². The first-order valence-electron chi connectivity index (χ1n) is 4.99. The number of benzene rings is 1. The number of hydrogen-bond acceptors (Lipinski definition) is 3. The Kier molecular flexibility index (Phi) is 3.57. The van der Waals surface area contributed by atoms with Crippen molar-refractivity contribution in [1.29, 1.82) is 5.41 Å². The summed E-state index contributed by atoms with van der Waals surface area (Å²) < 4.78 is 19.2. The number of nitrogen functional groups attached to an aromatic ring is 1. The lowest BCUT2D eigenvalue weighted by Crippen LogP contribution is -2.12. The number of pyridine rings is 1. The van der Waals surface area contributed by atoms with Crippen molar-refractivity contribution < 1.29 is 9.13 Å². The minimum Gasteiger partial charge on any atom is -0.454 e. The molecule has 2 rings (SSSR count). The minimum absolute atomic E-state index is 0.139. The normalized spacial score (nSPS) is 10.1. The van der Waals surface area contributed by atoms with Gasteiger partial charge in [0.05, 0.1) is 16.2 Å². The monoisotopic (exact) mass is 309 g/mol. The second-order valence-electron chi connectivity index (χ2n) is 3.46. The molecule has 92 valence electrons. The van der Waals surface area contributed by atoms with Crippen molar-refractivity contribution >= 4 is 21.8 Å². The van der Waals surface area contributed by atoms with E-state index in [9.17, 15) is 4.39 Å². The van der Waals surface area contributed by atoms with E-state index in [1.54, 1.807) is 6.07 Å². The first-order chi connectivity index (χ1) is 8.58. The van der Waals surface area contributed by atoms with Crippen molar-refractivity contribution in [3.63, 3.8) is 0 Å². The van der Waals surface area contributed by atoms with Crippen LogP contribution in [0, 0.1) is 11.2 Å². The van der Waals surface area contributed by atoms with Crippen LogP contribution in [0.25, 0.3) is 0 Å². The molecule has 0 radical (unpaired) electrons. The Labute approximate surface area is 111 Å². The molecule has 1 heterocycles. The van der Waals surface area contributed by atoms with Crippen LogP contribution in [-0.4, -0.2) is 10.8 Å². The van der Waals surface area contributed by atoms with E-state index in [4.69, 9.17) is 15.9 Å². The van der Waals surface area contributed by atoms with Gasteiger partial charge in [-0.25, -0.2) is 4.39 Å². The van der Waals surface area contributed by atoms with Crippen molar-refractivity contribution in [3.05, 3.63) is 52.5 Å². The molecule has 0 unspecified atom stereocenters. The Balaban J connectivity index is 2.40. The Morgan fingerprint density at radius 2 is 2.11 bits per heavy atom. The van der Waals surface area contributed by atoms with Crippen LogP contribution in [-0.2, 0) is 0 Å². The molecule has 1 aromatic carbocycles. The maximum atomic E-state index is 13.1. The molecule has 18 heavy (non-hydrogen) atoms. The zero-order chi connectivity index (χ0) is 13.1. The standard InChI is InChI=1S/C12H9BrFN3O/c13-9-2-1-7(14)5-10(9)18-11-6-17-4-3-8(11)12(15)16/h1-6H,(H3,15,16). The van der Waals surface area contributed by atoms with Gasteiger partial charge in [-0.15, -0.1) is 0 Å². The molecule has 0 aliphatic carbocycles. The van der Waals surface area contributed by atoms with Crippen LogP contribution < -0.4 is 10.5 Å². The van der Waals surface area contributed by atoms with Gasteiger partial charge in [-0.3, -0.25) is 10.4 Å². The highest BCUT2D eigenvalue weighted by molar-refractivity contribution is 9.10. The smallest absolute Gasteiger partial charge is 0.156 e. The summed E-state index contributed by atoms with van der Waals surface area (Å²) in [7, 11) is 0. The van der Waals surface area contributed by atoms with E-state index in [-0.39, 0.29) is 5.84 Å². The number of ether oxygens (including phenoxy) is 1. The van der Waals surface area contributed by atoms with Gasteiger partial charge in [0.25, 0.3) is 0 Å². The number of nitrogens with two attached hydrogens (primary N) is 1. The number of halogens is 2. The van der Waals surface area contributed by atoms with Crippen LogP contribution in [0.2, 0.25) is 0 Å². The maximum Gasteiger partial charge on any atom is 0.156 e. The quantitative estimate of drug-likeness (QED) is 0.676. The first-order valence-corrected chi connectivity index (χ1v) is 5.78. The van der Waals surface area contributed by atoms with Crippen LogP contribution in [0.5, 0.6) is 11.5 Å². The second-order valence-corrected chi connectivity index (χ2v) is 4.32. The fourth-order valence-electron chi connectivity index (χ4n) is 1.36. The van der Waals surface area contributed by atoms with Crippen molar-refractivity contribution in [2.45, 2.75) is 0 Å². The van der Waals surface area contributed by atoms with Crippen LogP contribution in [0.1, 0.15) is 5.56 Å². The number of aromatic nitrogens is 1. The molecular weight excluding hydrogens is 301 g/mol. The largest absolute Gasteiger partial charge is 0.454 e. The third kappa shape index (κ3) is 2.65. The van der Waals surface area contributed by atoms with Gasteiger partial charge in [-0.05, 0) is 34.1 Å². The van der Waals surface area contributed by atoms with E-state index in [2.05, 4.69) is 20.9 Å². The molecule has 4 nitrogen and oxygen atoms in total. The van der Waals surface area contributed by atoms with Crippen molar-refractivity contribution in [2.75, 3.05) is 0 Å². The number of hydrogen-bond donors (Lipinski definition) is 2. The number of amidine groups is 1. The average molecular weight is 310 g/mol. The fourth-order valence-corrected chi connectivity index (χ4v) is 1.69. The molecule has 0 saturated carbocycles. The van der Waals surface area contributed by atoms with Gasteiger partial charge in [0, 0.05) is 12.3 Å². The molecular formula is C12H9BrFN3O. The molecule has 0 atom stereocenters. The lowest BCUT2D eigenvalue weighted by atomic mass is 10.2. The van der Waals surface area contributed by atoms with Crippen LogP contribution in [0.4, 0.5) is 4.39 Å². The van der Waals surface area contributed by atoms with Gasteiger partial charge in [0.2, 0.25) is 0 Å². The third-order valence-electron chi connectivity index (χ3n) is 2.19. The number of nitrogens with zero attached hydrogens (tertiary/aromatic N) is 1. The topological polar surface area (TPSA) is 72.0 Å². The van der Waals surface area contributed by atoms with E-state index >= 15 is 0 Å². The summed E-state index contributed by atoms with van der Waals surface area (Å²) in [5.41, 5.74) is 5.83. The van der Waals surface area contributed by atoms with Crippen LogP contribution >= 0.6 is 15.9 Å². The summed E-state index contributed by atoms with van der Waals surface area (Å²) in [5.74, 6) is 0.0446. The van der Waals surface area contributed by atoms with Crippen molar-refractivity contribution in [3.8, 4) is 11.5 Å². The molecule has 0 saturated heterocycles. The molecule has 0 bridgehead atoms. The predicted molar refractivity (Wildman–Crippen MR) is 69.4 cm³/mol. The number of rotatable bonds is 3. The highest BCUT2D eigenvalue weighted by Crippen LogP contribution is 2.31. The Bertz CT molecular complexity index is 604. The zero-order valence-corrected chi connectivity index (χ0v) is 10.7. The lowest BCUT2D eigenvalue weighted by molar-refractivity contribution is 0.470. The summed E-state index contributed by atoms with van der Waals surface area (Å²) >= 11 is 3.25. The summed E-state index contributed by atoms with van der Waals surface area (Å²) in [6.45, 7) is 0. The van der Waals surface area contributed by atoms with Gasteiger partial charge in [0.1, 0.15) is 17.4 Å². The van der Waals surface area contributed by atoms with Gasteiger partial charge in [0.15, 0.2) is 5.75 Å². The molecule has 0 spiro atoms. The first kappa shape index (κ1) is 12.5. The lowest BCUT2D eigenvalue weighted by Gasteiger charge is -2.10. The zero-order valence-electron chi connectivity index (χ0n) is 9.15. The van der Waals surface area contributed by atoms with Crippen LogP contribution in [0.15, 0.2) is 41.1 Å². The Hall–Kier alpha value is -1.95. The third-order valence-corrected chi connectivity index (χ3v) is 2.84. The molecule has 0 fully saturated rings. The highest BCUT2D eigenvalue weighted by atomic mass is 79.9. The Morgan fingerprint density at radius 1 is 1.33 bits per heavy atom. The van der Waals surface area contributed by atoms with E-state index in [1.807, 2.05) is 0 Å². The molecule has 0 aliphatic rings. The molecule has 6 heteroatoms. The van der Waals surface area contributed by atoms with Gasteiger partial charge >= 0.3 is 0 Å². The maximum absolute atomic E-state index is 13.1. The molecule has 0 aliphatic heterocycles. The van der Waals surface area contributed by atoms with Gasteiger partial charge in [-0.2, -0.15) is 0 Å². The molecule has 2 aromatic rings. The second kappa shape index (κ2) is 5.14. The summed E-state index contributed by atoms with van der Waals surface area (Å²) in [6.07, 6.45) is 2.93. The van der Waals surface area contributed by atoms with Gasteiger partial charge in [-0.1, -0.05) is 0 Å². The van der Waals surface area contributed by atoms with Crippen molar-refractivity contribution in [2.24, 2.45) is 5.73 Å². The predicted octanol–water partition coefficient (Wildman–Crippen LogP) is 3.06. The van der Waals surface area contributed by atoms with Crippen LogP contribution in [0.3, 0.4) is 0 Å². The van der Waals surface area contributed by atoms with E-state index in [0.717, 1.165) is 0 Å². The number of nitrogens with one attached hydrogen (secondary N) is 1. The average Bonchev–Trinajstić information content (AvgIpc) is 2.34. The molecule has 3 N–H and O–H groups in total. The van der Waals surface area contributed by atoms with E-state index < -0.39 is 5.82 Å². The summed E-state index contributed by atoms with van der Waals surface area (Å²) in [5, 5.41) is 7.42. The summed E-state index contributed by atoms with van der Waals surface area (Å²) in [4.78, 5) is 3.89. The molecule has 1 aromatic heterocycles. The van der Waals surface area contributed by atoms with Gasteiger partial charge < -0.3 is 10.5 Å². The van der Waals surface area contributed by atoms with Crippen molar-refractivity contribution in [1.82, 2.24) is 4.98 Å². The minimum atomic E-state index is -0.415.